The summed E-state index contributed by atoms with van der Waals surface area (Å²) in [5.41, 5.74) is 9.75. The molecule has 0 bridgehead atoms. The van der Waals surface area contributed by atoms with Crippen LogP contribution in [0.5, 0.6) is 0 Å². The molecule has 5 nitrogen and oxygen atoms in total. The van der Waals surface area contributed by atoms with Crippen molar-refractivity contribution in [3.05, 3.63) is 182 Å². The number of rotatable bonds is 5. The van der Waals surface area contributed by atoms with E-state index in [2.05, 4.69) is 140 Å². The van der Waals surface area contributed by atoms with Crippen molar-refractivity contribution >= 4 is 75.1 Å². The molecule has 4 heterocycles. The quantitative estimate of drug-likeness (QED) is 0.164. The molecule has 0 aliphatic rings. The van der Waals surface area contributed by atoms with E-state index in [-0.39, 0.29) is 0 Å². The zero-order valence-corrected chi connectivity index (χ0v) is 31.7. The molecule has 0 unspecified atom stereocenters. The number of fused-ring (bicyclic) bond motifs is 10. The molecule has 0 aliphatic heterocycles. The molecule has 8 aromatic carbocycles. The Bertz CT molecular complexity index is 3560. The van der Waals surface area contributed by atoms with Crippen LogP contribution in [0.25, 0.3) is 120 Å². The van der Waals surface area contributed by atoms with Crippen LogP contribution in [0.1, 0.15) is 0 Å². The fraction of sp³-hybridized carbons (Fsp3) is 0. The molecule has 0 fully saturated rings. The highest BCUT2D eigenvalue weighted by Crippen LogP contribution is 2.44. The smallest absolute Gasteiger partial charge is 0.164 e. The van der Waals surface area contributed by atoms with Crippen LogP contribution in [-0.2, 0) is 0 Å². The highest BCUT2D eigenvalue weighted by atomic mass is 32.1. The van der Waals surface area contributed by atoms with Gasteiger partial charge in [-0.15, -0.1) is 11.3 Å². The average Bonchev–Trinajstić information content (AvgIpc) is 3.87. The van der Waals surface area contributed by atoms with E-state index in [0.717, 1.165) is 77.3 Å². The standard InChI is InChI=1S/C52H30N4OS/c1-3-12-31(13-4-1)32-22-24-34(25-23-32)50-54-51(56-52(55-50)40-18-11-21-44-46(40)38-17-8-10-20-43(38)57-44)35-26-29-45-41(30-35)36-27-28-39-47(49(36)58-45)37-16-7-9-19-42(37)53-48(39)33-14-5-2-6-15-33/h1-30H. The maximum Gasteiger partial charge on any atom is 0.164 e. The molecule has 4 aromatic heterocycles. The molecular formula is C52H30N4OS. The number of pyridine rings is 1. The van der Waals surface area contributed by atoms with Gasteiger partial charge >= 0.3 is 0 Å². The van der Waals surface area contributed by atoms with Crippen LogP contribution in [0.3, 0.4) is 0 Å². The van der Waals surface area contributed by atoms with Gasteiger partial charge in [0.25, 0.3) is 0 Å². The van der Waals surface area contributed by atoms with Crippen molar-refractivity contribution in [2.75, 3.05) is 0 Å². The van der Waals surface area contributed by atoms with Gasteiger partial charge in [-0.05, 0) is 47.5 Å². The third kappa shape index (κ3) is 5.23. The molecule has 0 atom stereocenters. The van der Waals surface area contributed by atoms with E-state index < -0.39 is 0 Å². The minimum Gasteiger partial charge on any atom is -0.456 e. The van der Waals surface area contributed by atoms with Gasteiger partial charge in [-0.25, -0.2) is 19.9 Å². The SMILES string of the molecule is c1ccc(-c2ccc(-c3nc(-c4ccc5sc6c(ccc7c(-c8ccccc8)nc8ccccc8c76)c5c4)nc(-c4cccc5oc6ccccc6c45)n3)cc2)cc1. The number of thiophene rings is 1. The van der Waals surface area contributed by atoms with E-state index in [9.17, 15) is 0 Å². The van der Waals surface area contributed by atoms with E-state index in [4.69, 9.17) is 24.4 Å². The number of hydrogen-bond donors (Lipinski definition) is 0. The molecular weight excluding hydrogens is 729 g/mol. The first-order chi connectivity index (χ1) is 28.7. The number of furan rings is 1. The normalized spacial score (nSPS) is 11.8. The molecule has 0 amide bonds. The maximum absolute atomic E-state index is 6.30. The second-order valence-corrected chi connectivity index (χ2v) is 15.6. The van der Waals surface area contributed by atoms with Crippen LogP contribution < -0.4 is 0 Å². The first kappa shape index (κ1) is 32.7. The van der Waals surface area contributed by atoms with Gasteiger partial charge in [0.2, 0.25) is 0 Å². The Hall–Kier alpha value is -7.54. The second kappa shape index (κ2) is 13.0. The van der Waals surface area contributed by atoms with Gasteiger partial charge in [0, 0.05) is 69.4 Å². The summed E-state index contributed by atoms with van der Waals surface area (Å²) in [6.45, 7) is 0. The van der Waals surface area contributed by atoms with E-state index in [1.165, 1.54) is 25.6 Å². The van der Waals surface area contributed by atoms with Crippen LogP contribution in [-0.4, -0.2) is 19.9 Å². The number of nitrogens with zero attached hydrogens (tertiary/aromatic N) is 4. The van der Waals surface area contributed by atoms with Gasteiger partial charge in [-0.3, -0.25) is 0 Å². The Morgan fingerprint density at radius 2 is 0.983 bits per heavy atom. The number of aromatic nitrogens is 4. The number of hydrogen-bond acceptors (Lipinski definition) is 6. The summed E-state index contributed by atoms with van der Waals surface area (Å²) >= 11 is 1.83. The molecule has 12 aromatic rings. The monoisotopic (exact) mass is 758 g/mol. The zero-order valence-electron chi connectivity index (χ0n) is 30.9. The maximum atomic E-state index is 6.30. The summed E-state index contributed by atoms with van der Waals surface area (Å²) in [6, 6.07) is 63.2. The van der Waals surface area contributed by atoms with E-state index in [1.54, 1.807) is 0 Å². The third-order valence-electron chi connectivity index (χ3n) is 11.1. The topological polar surface area (TPSA) is 64.7 Å². The average molecular weight is 759 g/mol. The Morgan fingerprint density at radius 1 is 0.362 bits per heavy atom. The largest absolute Gasteiger partial charge is 0.456 e. The third-order valence-corrected chi connectivity index (χ3v) is 12.3. The molecule has 0 spiro atoms. The summed E-state index contributed by atoms with van der Waals surface area (Å²) in [7, 11) is 0. The first-order valence-electron chi connectivity index (χ1n) is 19.3. The molecule has 12 rings (SSSR count). The van der Waals surface area contributed by atoms with E-state index in [0.29, 0.717) is 17.5 Å². The molecule has 270 valence electrons. The minimum atomic E-state index is 0.595. The van der Waals surface area contributed by atoms with Crippen molar-refractivity contribution in [2.45, 2.75) is 0 Å². The minimum absolute atomic E-state index is 0.595. The molecule has 0 aliphatic carbocycles. The van der Waals surface area contributed by atoms with Gasteiger partial charge in [0.05, 0.1) is 11.2 Å². The lowest BCUT2D eigenvalue weighted by Gasteiger charge is -2.11. The van der Waals surface area contributed by atoms with Gasteiger partial charge in [-0.2, -0.15) is 0 Å². The number of para-hydroxylation sites is 2. The highest BCUT2D eigenvalue weighted by molar-refractivity contribution is 7.26. The zero-order chi connectivity index (χ0) is 38.2. The molecule has 0 saturated carbocycles. The van der Waals surface area contributed by atoms with Gasteiger partial charge < -0.3 is 4.42 Å². The van der Waals surface area contributed by atoms with E-state index in [1.807, 2.05) is 53.8 Å². The fourth-order valence-electron chi connectivity index (χ4n) is 8.38. The van der Waals surface area contributed by atoms with Crippen molar-refractivity contribution in [1.82, 2.24) is 19.9 Å². The van der Waals surface area contributed by atoms with Crippen LogP contribution in [0, 0.1) is 0 Å². The van der Waals surface area contributed by atoms with E-state index >= 15 is 0 Å². The van der Waals surface area contributed by atoms with Crippen molar-refractivity contribution in [3.8, 4) is 56.5 Å². The van der Waals surface area contributed by atoms with Gasteiger partial charge in [0.1, 0.15) is 11.2 Å². The molecule has 0 radical (unpaired) electrons. The lowest BCUT2D eigenvalue weighted by molar-refractivity contribution is 0.669. The molecule has 58 heavy (non-hydrogen) atoms. The van der Waals surface area contributed by atoms with Crippen molar-refractivity contribution in [1.29, 1.82) is 0 Å². The predicted molar refractivity (Wildman–Crippen MR) is 240 cm³/mol. The lowest BCUT2D eigenvalue weighted by Crippen LogP contribution is -2.00. The summed E-state index contributed by atoms with van der Waals surface area (Å²) < 4.78 is 8.74. The van der Waals surface area contributed by atoms with Crippen LogP contribution in [0.4, 0.5) is 0 Å². The van der Waals surface area contributed by atoms with Crippen LogP contribution in [0.15, 0.2) is 186 Å². The Kier molecular flexibility index (Phi) is 7.33. The van der Waals surface area contributed by atoms with Crippen molar-refractivity contribution < 1.29 is 4.42 Å². The fourth-order valence-corrected chi connectivity index (χ4v) is 9.63. The first-order valence-corrected chi connectivity index (χ1v) is 20.1. The van der Waals surface area contributed by atoms with Gasteiger partial charge in [-0.1, -0.05) is 146 Å². The Balaban J connectivity index is 1.07. The second-order valence-electron chi connectivity index (χ2n) is 14.5. The lowest BCUT2D eigenvalue weighted by atomic mass is 9.98. The van der Waals surface area contributed by atoms with Crippen LogP contribution in [0.2, 0.25) is 0 Å². The highest BCUT2D eigenvalue weighted by Gasteiger charge is 2.20. The molecule has 0 N–H and O–H groups in total. The number of benzene rings is 8. The van der Waals surface area contributed by atoms with Crippen LogP contribution >= 0.6 is 11.3 Å². The van der Waals surface area contributed by atoms with Crippen molar-refractivity contribution in [3.63, 3.8) is 0 Å². The Morgan fingerprint density at radius 3 is 1.81 bits per heavy atom. The molecule has 0 saturated heterocycles. The summed E-state index contributed by atoms with van der Waals surface area (Å²) in [5, 5.41) is 7.92. The van der Waals surface area contributed by atoms with Crippen molar-refractivity contribution in [2.24, 2.45) is 0 Å². The Labute approximate surface area is 336 Å². The molecule has 6 heteroatoms. The van der Waals surface area contributed by atoms with Gasteiger partial charge in [0.15, 0.2) is 17.5 Å². The summed E-state index contributed by atoms with van der Waals surface area (Å²) in [5.74, 6) is 1.82. The predicted octanol–water partition coefficient (Wildman–Crippen LogP) is 14.2. The summed E-state index contributed by atoms with van der Waals surface area (Å²) in [6.07, 6.45) is 0. The summed E-state index contributed by atoms with van der Waals surface area (Å²) in [4.78, 5) is 20.8.